The number of rotatable bonds is 5. The molecule has 1 fully saturated rings. The summed E-state index contributed by atoms with van der Waals surface area (Å²) in [6.07, 6.45) is 0.407. The molecule has 0 aliphatic carbocycles. The van der Waals surface area contributed by atoms with Gasteiger partial charge in [-0.05, 0) is 18.9 Å². The van der Waals surface area contributed by atoms with E-state index in [1.165, 1.54) is 0 Å². The molecule has 1 aliphatic heterocycles. The van der Waals surface area contributed by atoms with Gasteiger partial charge in [-0.25, -0.2) is 0 Å². The van der Waals surface area contributed by atoms with Crippen LogP contribution in [0.3, 0.4) is 0 Å². The third-order valence-corrected chi connectivity index (χ3v) is 3.90. The minimum absolute atomic E-state index is 0.0845. The molecule has 2 unspecified atom stereocenters. The molecule has 1 aromatic carbocycles. The lowest BCUT2D eigenvalue weighted by molar-refractivity contribution is -0.149. The summed E-state index contributed by atoms with van der Waals surface area (Å²) in [4.78, 5) is 23.4. The first-order valence-electron chi connectivity index (χ1n) is 6.84. The van der Waals surface area contributed by atoms with E-state index in [1.807, 2.05) is 30.3 Å². The van der Waals surface area contributed by atoms with Crippen molar-refractivity contribution >= 4 is 11.9 Å². The van der Waals surface area contributed by atoms with Gasteiger partial charge in [0.05, 0.1) is 25.3 Å². The van der Waals surface area contributed by atoms with Crippen LogP contribution in [0.2, 0.25) is 0 Å². The SMILES string of the molecule is CC1(C(=O)O)COCC1NC(=O)[C@H](N)Cc1ccccc1. The van der Waals surface area contributed by atoms with Crippen LogP contribution in [0, 0.1) is 5.41 Å². The van der Waals surface area contributed by atoms with Crippen LogP contribution >= 0.6 is 0 Å². The zero-order chi connectivity index (χ0) is 15.5. The summed E-state index contributed by atoms with van der Waals surface area (Å²) < 4.78 is 5.20. The maximum atomic E-state index is 12.1. The number of hydrogen-bond donors (Lipinski definition) is 3. The van der Waals surface area contributed by atoms with Crippen molar-refractivity contribution in [3.63, 3.8) is 0 Å². The minimum Gasteiger partial charge on any atom is -0.481 e. The van der Waals surface area contributed by atoms with Gasteiger partial charge in [-0.15, -0.1) is 0 Å². The van der Waals surface area contributed by atoms with E-state index in [-0.39, 0.29) is 19.1 Å². The molecule has 1 saturated heterocycles. The standard InChI is InChI=1S/C15H20N2O4/c1-15(14(19)20)9-21-8-12(15)17-13(18)11(16)7-10-5-3-2-4-6-10/h2-6,11-12H,7-9,16H2,1H3,(H,17,18)(H,19,20)/t11-,12?,15?/m1/s1. The Balaban J connectivity index is 1.96. The Morgan fingerprint density at radius 1 is 1.48 bits per heavy atom. The van der Waals surface area contributed by atoms with Gasteiger partial charge in [-0.1, -0.05) is 30.3 Å². The predicted molar refractivity (Wildman–Crippen MR) is 76.6 cm³/mol. The number of carboxylic acids is 1. The van der Waals surface area contributed by atoms with Gasteiger partial charge in [0.1, 0.15) is 5.41 Å². The number of hydrogen-bond acceptors (Lipinski definition) is 4. The largest absolute Gasteiger partial charge is 0.481 e. The normalized spacial score (nSPS) is 26.3. The van der Waals surface area contributed by atoms with Crippen molar-refractivity contribution in [3.8, 4) is 0 Å². The van der Waals surface area contributed by atoms with E-state index in [2.05, 4.69) is 5.32 Å². The fourth-order valence-electron chi connectivity index (χ4n) is 2.32. The first kappa shape index (κ1) is 15.5. The molecule has 0 radical (unpaired) electrons. The van der Waals surface area contributed by atoms with Gasteiger partial charge in [0.2, 0.25) is 5.91 Å². The van der Waals surface area contributed by atoms with Crippen molar-refractivity contribution in [3.05, 3.63) is 35.9 Å². The topological polar surface area (TPSA) is 102 Å². The molecule has 2 rings (SSSR count). The molecule has 0 saturated carbocycles. The second-order valence-electron chi connectivity index (χ2n) is 5.60. The zero-order valence-corrected chi connectivity index (χ0v) is 11.9. The number of carbonyl (C=O) groups is 2. The highest BCUT2D eigenvalue weighted by atomic mass is 16.5. The van der Waals surface area contributed by atoms with E-state index in [1.54, 1.807) is 6.92 Å². The molecule has 21 heavy (non-hydrogen) atoms. The molecule has 0 aromatic heterocycles. The van der Waals surface area contributed by atoms with Crippen molar-refractivity contribution in [2.45, 2.75) is 25.4 Å². The molecular formula is C15H20N2O4. The lowest BCUT2D eigenvalue weighted by Gasteiger charge is -2.26. The van der Waals surface area contributed by atoms with Crippen molar-refractivity contribution in [1.29, 1.82) is 0 Å². The fourth-order valence-corrected chi connectivity index (χ4v) is 2.32. The number of nitrogens with one attached hydrogen (secondary N) is 1. The number of nitrogens with two attached hydrogens (primary N) is 1. The van der Waals surface area contributed by atoms with Crippen molar-refractivity contribution in [1.82, 2.24) is 5.32 Å². The summed E-state index contributed by atoms with van der Waals surface area (Å²) in [5.41, 5.74) is 5.74. The van der Waals surface area contributed by atoms with E-state index in [0.29, 0.717) is 6.42 Å². The van der Waals surface area contributed by atoms with Crippen molar-refractivity contribution in [2.24, 2.45) is 11.1 Å². The van der Waals surface area contributed by atoms with Crippen LogP contribution in [-0.4, -0.2) is 42.3 Å². The molecule has 1 amide bonds. The maximum Gasteiger partial charge on any atom is 0.313 e. The maximum absolute atomic E-state index is 12.1. The van der Waals surface area contributed by atoms with Crippen LogP contribution < -0.4 is 11.1 Å². The van der Waals surface area contributed by atoms with Gasteiger partial charge in [-0.3, -0.25) is 9.59 Å². The van der Waals surface area contributed by atoms with Gasteiger partial charge in [0.15, 0.2) is 0 Å². The Labute approximate surface area is 123 Å². The Bertz CT molecular complexity index is 520. The smallest absolute Gasteiger partial charge is 0.313 e. The van der Waals surface area contributed by atoms with Crippen LogP contribution in [0.15, 0.2) is 30.3 Å². The summed E-state index contributed by atoms with van der Waals surface area (Å²) in [5, 5.41) is 12.0. The number of benzene rings is 1. The molecule has 0 spiro atoms. The monoisotopic (exact) mass is 292 g/mol. The first-order chi connectivity index (χ1) is 9.93. The van der Waals surface area contributed by atoms with Crippen LogP contribution in [0.1, 0.15) is 12.5 Å². The van der Waals surface area contributed by atoms with E-state index in [9.17, 15) is 14.7 Å². The van der Waals surface area contributed by atoms with Crippen molar-refractivity contribution < 1.29 is 19.4 Å². The Hall–Kier alpha value is -1.92. The summed E-state index contributed by atoms with van der Waals surface area (Å²) in [5.74, 6) is -1.34. The average molecular weight is 292 g/mol. The van der Waals surface area contributed by atoms with E-state index in [0.717, 1.165) is 5.56 Å². The van der Waals surface area contributed by atoms with Gasteiger partial charge >= 0.3 is 5.97 Å². The predicted octanol–water partition coefficient (Wildman–Crippen LogP) is 0.162. The first-order valence-corrected chi connectivity index (χ1v) is 6.84. The highest BCUT2D eigenvalue weighted by molar-refractivity contribution is 5.84. The number of carbonyl (C=O) groups excluding carboxylic acids is 1. The number of aliphatic carboxylic acids is 1. The quantitative estimate of drug-likeness (QED) is 0.717. The van der Waals surface area contributed by atoms with Crippen LogP contribution in [0.5, 0.6) is 0 Å². The van der Waals surface area contributed by atoms with E-state index in [4.69, 9.17) is 10.5 Å². The molecule has 6 heteroatoms. The minimum atomic E-state index is -1.11. The molecule has 1 aromatic rings. The second kappa shape index (κ2) is 6.24. The molecule has 114 valence electrons. The Morgan fingerprint density at radius 3 is 2.76 bits per heavy atom. The average Bonchev–Trinajstić information content (AvgIpc) is 2.82. The third-order valence-electron chi connectivity index (χ3n) is 3.90. The second-order valence-corrected chi connectivity index (χ2v) is 5.60. The highest BCUT2D eigenvalue weighted by Gasteiger charge is 2.47. The van der Waals surface area contributed by atoms with Gasteiger partial charge < -0.3 is 20.9 Å². The third kappa shape index (κ3) is 3.40. The molecule has 3 atom stereocenters. The molecular weight excluding hydrogens is 272 g/mol. The van der Waals surface area contributed by atoms with E-state index < -0.39 is 23.5 Å². The summed E-state index contributed by atoms with van der Waals surface area (Å²) in [6.45, 7) is 1.84. The molecule has 4 N–H and O–H groups in total. The Morgan fingerprint density at radius 2 is 2.14 bits per heavy atom. The number of carboxylic acid groups (broad SMARTS) is 1. The van der Waals surface area contributed by atoms with Gasteiger partial charge in [0.25, 0.3) is 0 Å². The number of amides is 1. The van der Waals surface area contributed by atoms with Crippen LogP contribution in [-0.2, 0) is 20.7 Å². The van der Waals surface area contributed by atoms with Crippen LogP contribution in [0.25, 0.3) is 0 Å². The summed E-state index contributed by atoms with van der Waals surface area (Å²) in [7, 11) is 0. The highest BCUT2D eigenvalue weighted by Crippen LogP contribution is 2.28. The number of ether oxygens (including phenoxy) is 1. The molecule has 1 heterocycles. The van der Waals surface area contributed by atoms with Gasteiger partial charge in [0, 0.05) is 0 Å². The fraction of sp³-hybridized carbons (Fsp3) is 0.467. The lowest BCUT2D eigenvalue weighted by Crippen LogP contribution is -2.54. The Kier molecular flexibility index (Phi) is 4.59. The molecule has 1 aliphatic rings. The van der Waals surface area contributed by atoms with E-state index >= 15 is 0 Å². The van der Waals surface area contributed by atoms with Gasteiger partial charge in [-0.2, -0.15) is 0 Å². The van der Waals surface area contributed by atoms with Crippen molar-refractivity contribution in [2.75, 3.05) is 13.2 Å². The zero-order valence-electron chi connectivity index (χ0n) is 11.9. The van der Waals surface area contributed by atoms with Crippen LogP contribution in [0.4, 0.5) is 0 Å². The molecule has 6 nitrogen and oxygen atoms in total. The summed E-state index contributed by atoms with van der Waals surface area (Å²) >= 11 is 0. The lowest BCUT2D eigenvalue weighted by atomic mass is 9.85. The summed E-state index contributed by atoms with van der Waals surface area (Å²) in [6, 6.07) is 8.16. The molecule has 0 bridgehead atoms.